The van der Waals surface area contributed by atoms with E-state index in [0.29, 0.717) is 45.1 Å². The summed E-state index contributed by atoms with van der Waals surface area (Å²) in [5, 5.41) is 2.68. The van der Waals surface area contributed by atoms with Crippen LogP contribution in [0.5, 0.6) is 5.75 Å². The Balaban J connectivity index is 2.19. The van der Waals surface area contributed by atoms with E-state index in [-0.39, 0.29) is 10.6 Å². The Kier molecular flexibility index (Phi) is 7.78. The van der Waals surface area contributed by atoms with Crippen LogP contribution in [0.15, 0.2) is 35.7 Å². The van der Waals surface area contributed by atoms with Crippen LogP contribution in [0.25, 0.3) is 0 Å². The zero-order valence-electron chi connectivity index (χ0n) is 15.6. The highest BCUT2D eigenvalue weighted by atomic mass is 32.2. The molecule has 9 heteroatoms. The first kappa shape index (κ1) is 21.4. The van der Waals surface area contributed by atoms with Gasteiger partial charge in [0.05, 0.1) is 37.5 Å². The first-order chi connectivity index (χ1) is 12.9. The fraction of sp³-hybridized carbons (Fsp3) is 0.500. The molecule has 1 fully saturated rings. The van der Waals surface area contributed by atoms with Crippen LogP contribution in [0.4, 0.5) is 5.69 Å². The van der Waals surface area contributed by atoms with E-state index in [1.807, 2.05) is 0 Å². The zero-order chi connectivity index (χ0) is 19.9. The minimum Gasteiger partial charge on any atom is -0.495 e. The van der Waals surface area contributed by atoms with Gasteiger partial charge in [-0.2, -0.15) is 4.31 Å². The Morgan fingerprint density at radius 3 is 2.74 bits per heavy atom. The fourth-order valence-electron chi connectivity index (χ4n) is 2.52. The average Bonchev–Trinajstić information content (AvgIpc) is 2.68. The Labute approximate surface area is 160 Å². The van der Waals surface area contributed by atoms with E-state index in [4.69, 9.17) is 14.2 Å². The molecule has 150 valence electrons. The summed E-state index contributed by atoms with van der Waals surface area (Å²) < 4.78 is 42.9. The summed E-state index contributed by atoms with van der Waals surface area (Å²) in [5.74, 6) is -0.0270. The van der Waals surface area contributed by atoms with Crippen molar-refractivity contribution < 1.29 is 27.4 Å². The lowest BCUT2D eigenvalue weighted by Gasteiger charge is -2.26. The maximum atomic E-state index is 12.8. The van der Waals surface area contributed by atoms with Gasteiger partial charge in [0, 0.05) is 13.1 Å². The molecule has 1 aromatic rings. The summed E-state index contributed by atoms with van der Waals surface area (Å²) in [6.07, 6.45) is 1.64. The van der Waals surface area contributed by atoms with Gasteiger partial charge in [0.15, 0.2) is 0 Å². The van der Waals surface area contributed by atoms with Crippen molar-refractivity contribution in [3.05, 3.63) is 30.9 Å². The quantitative estimate of drug-likeness (QED) is 0.502. The normalized spacial score (nSPS) is 16.5. The monoisotopic (exact) mass is 398 g/mol. The lowest BCUT2D eigenvalue weighted by Crippen LogP contribution is -2.40. The highest BCUT2D eigenvalue weighted by molar-refractivity contribution is 7.89. The number of nitrogens with one attached hydrogen (secondary N) is 1. The smallest absolute Gasteiger partial charge is 0.253 e. The Morgan fingerprint density at radius 1 is 1.41 bits per heavy atom. The van der Waals surface area contributed by atoms with Gasteiger partial charge in [0.1, 0.15) is 11.9 Å². The van der Waals surface area contributed by atoms with Crippen molar-refractivity contribution in [1.82, 2.24) is 4.31 Å². The third-order valence-electron chi connectivity index (χ3n) is 4.10. The highest BCUT2D eigenvalue weighted by Crippen LogP contribution is 2.29. The molecule has 0 spiro atoms. The molecule has 0 aromatic heterocycles. The fourth-order valence-corrected chi connectivity index (χ4v) is 3.95. The van der Waals surface area contributed by atoms with Gasteiger partial charge in [-0.1, -0.05) is 6.08 Å². The first-order valence-corrected chi connectivity index (χ1v) is 10.1. The predicted molar refractivity (Wildman–Crippen MR) is 101 cm³/mol. The van der Waals surface area contributed by atoms with E-state index >= 15 is 0 Å². The number of carbonyl (C=O) groups is 1. The summed E-state index contributed by atoms with van der Waals surface area (Å²) in [6.45, 7) is 6.91. The average molecular weight is 398 g/mol. The number of morpholine rings is 1. The Bertz CT molecular complexity index is 759. The molecular formula is C18H26N2O6S. The van der Waals surface area contributed by atoms with Crippen molar-refractivity contribution in [2.45, 2.75) is 24.3 Å². The highest BCUT2D eigenvalue weighted by Gasteiger charge is 2.27. The van der Waals surface area contributed by atoms with Gasteiger partial charge in [-0.3, -0.25) is 4.79 Å². The molecule has 1 aliphatic heterocycles. The minimum atomic E-state index is -3.68. The first-order valence-electron chi connectivity index (χ1n) is 8.69. The molecule has 1 atom stereocenters. The summed E-state index contributed by atoms with van der Waals surface area (Å²) >= 11 is 0. The van der Waals surface area contributed by atoms with Crippen molar-refractivity contribution >= 4 is 21.6 Å². The molecule has 27 heavy (non-hydrogen) atoms. The molecule has 0 radical (unpaired) electrons. The van der Waals surface area contributed by atoms with Crippen molar-refractivity contribution in [3.63, 3.8) is 0 Å². The van der Waals surface area contributed by atoms with Crippen molar-refractivity contribution in [2.75, 3.05) is 45.3 Å². The molecule has 1 saturated heterocycles. The molecule has 1 N–H and O–H groups in total. The van der Waals surface area contributed by atoms with Gasteiger partial charge in [-0.25, -0.2) is 8.42 Å². The van der Waals surface area contributed by atoms with E-state index < -0.39 is 22.0 Å². The molecule has 1 heterocycles. The number of ether oxygens (including phenoxy) is 3. The van der Waals surface area contributed by atoms with E-state index in [1.54, 1.807) is 13.0 Å². The van der Waals surface area contributed by atoms with Crippen molar-refractivity contribution in [3.8, 4) is 5.75 Å². The maximum Gasteiger partial charge on any atom is 0.253 e. The topological polar surface area (TPSA) is 94.2 Å². The molecule has 1 amide bonds. The van der Waals surface area contributed by atoms with Crippen molar-refractivity contribution in [2.24, 2.45) is 0 Å². The maximum absolute atomic E-state index is 12.8. The van der Waals surface area contributed by atoms with Crippen LogP contribution in [0.1, 0.15) is 13.3 Å². The number of rotatable bonds is 9. The van der Waals surface area contributed by atoms with Gasteiger partial charge in [0.25, 0.3) is 5.91 Å². The number of methoxy groups -OCH3 is 1. The molecule has 1 aliphatic rings. The van der Waals surface area contributed by atoms with Gasteiger partial charge < -0.3 is 19.5 Å². The Hall–Kier alpha value is -1.94. The molecule has 0 aliphatic carbocycles. The van der Waals surface area contributed by atoms with Crippen LogP contribution in [0.3, 0.4) is 0 Å². The van der Waals surface area contributed by atoms with E-state index in [9.17, 15) is 13.2 Å². The number of nitrogens with zero attached hydrogens (tertiary/aromatic N) is 1. The molecule has 8 nitrogen and oxygen atoms in total. The largest absolute Gasteiger partial charge is 0.495 e. The molecule has 0 saturated carbocycles. The zero-order valence-corrected chi connectivity index (χ0v) is 16.5. The van der Waals surface area contributed by atoms with E-state index in [0.717, 1.165) is 0 Å². The number of hydrogen-bond acceptors (Lipinski definition) is 6. The summed E-state index contributed by atoms with van der Waals surface area (Å²) in [5.41, 5.74) is 0.274. The number of benzene rings is 1. The molecule has 0 bridgehead atoms. The van der Waals surface area contributed by atoms with E-state index in [1.165, 1.54) is 29.6 Å². The summed E-state index contributed by atoms with van der Waals surface area (Å²) in [7, 11) is -2.23. The van der Waals surface area contributed by atoms with Crippen LogP contribution in [0.2, 0.25) is 0 Å². The number of sulfonamides is 1. The lowest BCUT2D eigenvalue weighted by atomic mass is 10.2. The second-order valence-electron chi connectivity index (χ2n) is 5.96. The van der Waals surface area contributed by atoms with Gasteiger partial charge >= 0.3 is 0 Å². The molecule has 1 unspecified atom stereocenters. The number of anilines is 1. The number of carbonyl (C=O) groups excluding carboxylic acids is 1. The second kappa shape index (κ2) is 9.84. The SMILES string of the molecule is C=CCCOC(C)C(=O)Nc1cc(S(=O)(=O)N2CCOCC2)ccc1OC. The van der Waals surface area contributed by atoms with Gasteiger partial charge in [-0.05, 0) is 31.5 Å². The second-order valence-corrected chi connectivity index (χ2v) is 7.90. The van der Waals surface area contributed by atoms with Crippen LogP contribution >= 0.6 is 0 Å². The Morgan fingerprint density at radius 2 is 2.11 bits per heavy atom. The standard InChI is InChI=1S/C18H26N2O6S/c1-4-5-10-26-14(2)18(21)19-16-13-15(6-7-17(16)24-3)27(22,23)20-8-11-25-12-9-20/h4,6-7,13-14H,1,5,8-12H2,2-3H3,(H,19,21). The van der Waals surface area contributed by atoms with Crippen LogP contribution in [-0.2, 0) is 24.3 Å². The molecule has 1 aromatic carbocycles. The minimum absolute atomic E-state index is 0.0840. The van der Waals surface area contributed by atoms with E-state index in [2.05, 4.69) is 11.9 Å². The molecule has 2 rings (SSSR count). The number of hydrogen-bond donors (Lipinski definition) is 1. The summed E-state index contributed by atoms with van der Waals surface area (Å²) in [6, 6.07) is 4.38. The summed E-state index contributed by atoms with van der Waals surface area (Å²) in [4.78, 5) is 12.4. The van der Waals surface area contributed by atoms with Crippen LogP contribution < -0.4 is 10.1 Å². The number of amides is 1. The predicted octanol–water partition coefficient (Wildman–Crippen LogP) is 1.64. The third-order valence-corrected chi connectivity index (χ3v) is 5.99. The van der Waals surface area contributed by atoms with Gasteiger partial charge in [-0.15, -0.1) is 6.58 Å². The van der Waals surface area contributed by atoms with Gasteiger partial charge in [0.2, 0.25) is 10.0 Å². The van der Waals surface area contributed by atoms with Crippen molar-refractivity contribution in [1.29, 1.82) is 0 Å². The third kappa shape index (κ3) is 5.52. The molecular weight excluding hydrogens is 372 g/mol. The lowest BCUT2D eigenvalue weighted by molar-refractivity contribution is -0.126. The van der Waals surface area contributed by atoms with Crippen LogP contribution in [0, 0.1) is 0 Å². The van der Waals surface area contributed by atoms with Crippen LogP contribution in [-0.4, -0.2) is 64.8 Å².